The molecule has 0 spiro atoms. The maximum atomic E-state index is 13.0. The first-order valence-electron chi connectivity index (χ1n) is 10.3. The van der Waals surface area contributed by atoms with Crippen molar-refractivity contribution in [1.29, 1.82) is 0 Å². The van der Waals surface area contributed by atoms with Crippen LogP contribution in [-0.2, 0) is 19.3 Å². The lowest BCUT2D eigenvalue weighted by molar-refractivity contribution is -0.137. The fourth-order valence-electron chi connectivity index (χ4n) is 3.87. The van der Waals surface area contributed by atoms with E-state index in [0.29, 0.717) is 25.2 Å². The number of rotatable bonds is 7. The molecule has 0 unspecified atom stereocenters. The van der Waals surface area contributed by atoms with Gasteiger partial charge in [-0.2, -0.15) is 13.2 Å². The van der Waals surface area contributed by atoms with Gasteiger partial charge >= 0.3 is 12.2 Å². The van der Waals surface area contributed by atoms with Crippen molar-refractivity contribution >= 4 is 6.03 Å². The summed E-state index contributed by atoms with van der Waals surface area (Å²) in [5.74, 6) is 0. The van der Waals surface area contributed by atoms with Crippen molar-refractivity contribution in [1.82, 2.24) is 14.8 Å². The maximum Gasteiger partial charge on any atom is 0.416 e. The van der Waals surface area contributed by atoms with E-state index in [9.17, 15) is 18.0 Å². The Hall–Kier alpha value is -2.70. The molecule has 3 rings (SSSR count). The zero-order valence-electron chi connectivity index (χ0n) is 17.0. The number of aromatic nitrogens is 1. The van der Waals surface area contributed by atoms with E-state index in [-0.39, 0.29) is 12.1 Å². The fourth-order valence-corrected chi connectivity index (χ4v) is 3.87. The molecule has 1 aromatic carbocycles. The topological polar surface area (TPSA) is 37.3 Å². The van der Waals surface area contributed by atoms with Crippen LogP contribution in [0.5, 0.6) is 0 Å². The highest BCUT2D eigenvalue weighted by molar-refractivity contribution is 5.74. The summed E-state index contributed by atoms with van der Waals surface area (Å²) in [5, 5.41) is 3.11. The van der Waals surface area contributed by atoms with Crippen molar-refractivity contribution in [2.75, 3.05) is 6.54 Å². The standard InChI is InChI=1S/C23H28F3N3O/c1-2-13-29(22(30)27-20-10-4-3-5-11-20)17-21-12-7-14-28(21)16-18-8-6-9-19(15-18)23(24,25)26/h2,6-9,12,14-15,20H,1,3-5,10-11,13,16-17H2,(H,27,30). The number of halogens is 3. The molecule has 0 bridgehead atoms. The van der Waals surface area contributed by atoms with Crippen LogP contribution in [0.2, 0.25) is 0 Å². The van der Waals surface area contributed by atoms with Crippen molar-refractivity contribution in [2.45, 2.75) is 57.4 Å². The molecule has 0 saturated heterocycles. The van der Waals surface area contributed by atoms with Crippen LogP contribution in [0.3, 0.4) is 0 Å². The number of urea groups is 1. The average Bonchev–Trinajstić information content (AvgIpc) is 3.14. The fraction of sp³-hybridized carbons (Fsp3) is 0.435. The molecule has 0 aliphatic heterocycles. The molecule has 1 saturated carbocycles. The Balaban J connectivity index is 1.69. The van der Waals surface area contributed by atoms with Crippen LogP contribution in [0.4, 0.5) is 18.0 Å². The second-order valence-electron chi connectivity index (χ2n) is 7.78. The van der Waals surface area contributed by atoms with Gasteiger partial charge in [0.05, 0.1) is 12.1 Å². The number of nitrogens with zero attached hydrogens (tertiary/aromatic N) is 2. The Morgan fingerprint density at radius 2 is 1.97 bits per heavy atom. The summed E-state index contributed by atoms with van der Waals surface area (Å²) in [6, 6.07) is 9.14. The minimum absolute atomic E-state index is 0.131. The molecule has 1 fully saturated rings. The normalized spacial score (nSPS) is 15.0. The van der Waals surface area contributed by atoms with E-state index >= 15 is 0 Å². The van der Waals surface area contributed by atoms with Gasteiger partial charge < -0.3 is 14.8 Å². The number of nitrogens with one attached hydrogen (secondary N) is 1. The predicted molar refractivity (Wildman–Crippen MR) is 111 cm³/mol. The molecular weight excluding hydrogens is 391 g/mol. The third-order valence-electron chi connectivity index (χ3n) is 5.45. The second kappa shape index (κ2) is 9.87. The van der Waals surface area contributed by atoms with Crippen LogP contribution in [0, 0.1) is 0 Å². The predicted octanol–water partition coefficient (Wildman–Crippen LogP) is 5.59. The Bertz CT molecular complexity index is 853. The van der Waals surface area contributed by atoms with Crippen molar-refractivity contribution in [3.8, 4) is 0 Å². The number of alkyl halides is 3. The first kappa shape index (κ1) is 22.0. The molecule has 1 heterocycles. The molecule has 1 aliphatic carbocycles. The minimum Gasteiger partial charge on any atom is -0.345 e. The molecule has 1 aromatic heterocycles. The summed E-state index contributed by atoms with van der Waals surface area (Å²) in [4.78, 5) is 14.5. The van der Waals surface area contributed by atoms with Crippen LogP contribution in [0.25, 0.3) is 0 Å². The van der Waals surface area contributed by atoms with E-state index in [1.165, 1.54) is 18.6 Å². The van der Waals surface area contributed by atoms with Gasteiger partial charge in [0, 0.05) is 31.0 Å². The molecule has 7 heteroatoms. The maximum absolute atomic E-state index is 13.0. The monoisotopic (exact) mass is 419 g/mol. The number of amides is 2. The van der Waals surface area contributed by atoms with Crippen molar-refractivity contribution in [3.05, 3.63) is 72.1 Å². The van der Waals surface area contributed by atoms with Crippen LogP contribution < -0.4 is 5.32 Å². The summed E-state index contributed by atoms with van der Waals surface area (Å²) < 4.78 is 40.9. The molecule has 0 radical (unpaired) electrons. The van der Waals surface area contributed by atoms with Gasteiger partial charge in [-0.15, -0.1) is 6.58 Å². The number of hydrogen-bond donors (Lipinski definition) is 1. The van der Waals surface area contributed by atoms with Gasteiger partial charge in [-0.3, -0.25) is 0 Å². The zero-order chi connectivity index (χ0) is 21.6. The lowest BCUT2D eigenvalue weighted by atomic mass is 9.96. The first-order valence-corrected chi connectivity index (χ1v) is 10.3. The highest BCUT2D eigenvalue weighted by Gasteiger charge is 2.30. The highest BCUT2D eigenvalue weighted by Crippen LogP contribution is 2.29. The number of carbonyl (C=O) groups is 1. The lowest BCUT2D eigenvalue weighted by Crippen LogP contribution is -2.45. The molecule has 0 atom stereocenters. The third kappa shape index (κ3) is 5.90. The van der Waals surface area contributed by atoms with E-state index in [4.69, 9.17) is 0 Å². The smallest absolute Gasteiger partial charge is 0.345 e. The Morgan fingerprint density at radius 3 is 2.67 bits per heavy atom. The van der Waals surface area contributed by atoms with Crippen LogP contribution in [0.15, 0.2) is 55.3 Å². The molecule has 30 heavy (non-hydrogen) atoms. The van der Waals surface area contributed by atoms with Crippen LogP contribution >= 0.6 is 0 Å². The van der Waals surface area contributed by atoms with Gasteiger partial charge in [0.15, 0.2) is 0 Å². The lowest BCUT2D eigenvalue weighted by Gasteiger charge is -2.28. The molecule has 1 N–H and O–H groups in total. The Kier molecular flexibility index (Phi) is 7.24. The summed E-state index contributed by atoms with van der Waals surface area (Å²) in [6.45, 7) is 4.80. The molecule has 2 aromatic rings. The number of hydrogen-bond acceptors (Lipinski definition) is 1. The quantitative estimate of drug-likeness (QED) is 0.584. The van der Waals surface area contributed by atoms with Crippen molar-refractivity contribution in [2.24, 2.45) is 0 Å². The van der Waals surface area contributed by atoms with Crippen LogP contribution in [0.1, 0.15) is 48.9 Å². The molecule has 162 valence electrons. The summed E-state index contributed by atoms with van der Waals surface area (Å²) in [7, 11) is 0. The first-order chi connectivity index (χ1) is 14.4. The van der Waals surface area contributed by atoms with E-state index in [0.717, 1.165) is 37.4 Å². The van der Waals surface area contributed by atoms with Gasteiger partial charge in [-0.25, -0.2) is 4.79 Å². The van der Waals surface area contributed by atoms with Gasteiger partial charge in [0.25, 0.3) is 0 Å². The van der Waals surface area contributed by atoms with Crippen LogP contribution in [-0.4, -0.2) is 28.1 Å². The van der Waals surface area contributed by atoms with E-state index in [1.54, 1.807) is 17.0 Å². The summed E-state index contributed by atoms with van der Waals surface area (Å²) in [6.07, 6.45) is 4.61. The van der Waals surface area contributed by atoms with Crippen molar-refractivity contribution in [3.63, 3.8) is 0 Å². The van der Waals surface area contributed by atoms with Gasteiger partial charge in [0.1, 0.15) is 0 Å². The number of carbonyl (C=O) groups excluding carboxylic acids is 1. The Morgan fingerprint density at radius 1 is 1.20 bits per heavy atom. The highest BCUT2D eigenvalue weighted by atomic mass is 19.4. The molecule has 2 amide bonds. The molecule has 1 aliphatic rings. The number of benzene rings is 1. The van der Waals surface area contributed by atoms with E-state index < -0.39 is 11.7 Å². The summed E-state index contributed by atoms with van der Waals surface area (Å²) >= 11 is 0. The summed E-state index contributed by atoms with van der Waals surface area (Å²) in [5.41, 5.74) is 0.756. The second-order valence-corrected chi connectivity index (χ2v) is 7.78. The van der Waals surface area contributed by atoms with Gasteiger partial charge in [0.2, 0.25) is 0 Å². The molecule has 4 nitrogen and oxygen atoms in total. The average molecular weight is 419 g/mol. The third-order valence-corrected chi connectivity index (χ3v) is 5.45. The van der Waals surface area contributed by atoms with Gasteiger partial charge in [-0.1, -0.05) is 37.5 Å². The van der Waals surface area contributed by atoms with E-state index in [1.807, 2.05) is 22.9 Å². The largest absolute Gasteiger partial charge is 0.416 e. The van der Waals surface area contributed by atoms with Crippen molar-refractivity contribution < 1.29 is 18.0 Å². The zero-order valence-corrected chi connectivity index (χ0v) is 17.0. The van der Waals surface area contributed by atoms with Gasteiger partial charge in [-0.05, 0) is 42.7 Å². The molecular formula is C23H28F3N3O. The Labute approximate surface area is 175 Å². The minimum atomic E-state index is -4.37. The SMILES string of the molecule is C=CCN(Cc1cccn1Cc1cccc(C(F)(F)F)c1)C(=O)NC1CCCCC1. The van der Waals surface area contributed by atoms with E-state index in [2.05, 4.69) is 11.9 Å².